The SMILES string of the molecule is O=C(NCC1CC2C=CC1C2)C12CC3CC(CC(C3)C1)C2. The maximum atomic E-state index is 12.9. The average Bonchev–Trinajstić information content (AvgIpc) is 3.05. The molecule has 6 bridgehead atoms. The molecule has 0 radical (unpaired) electrons. The third kappa shape index (κ3) is 1.94. The number of carbonyl (C=O) groups excluding carboxylic acids is 1. The van der Waals surface area contributed by atoms with Gasteiger partial charge in [0.1, 0.15) is 0 Å². The van der Waals surface area contributed by atoms with Gasteiger partial charge >= 0.3 is 0 Å². The molecule has 0 aromatic carbocycles. The van der Waals surface area contributed by atoms with Gasteiger partial charge in [-0.2, -0.15) is 0 Å². The zero-order chi connectivity index (χ0) is 14.0. The van der Waals surface area contributed by atoms with E-state index < -0.39 is 0 Å². The summed E-state index contributed by atoms with van der Waals surface area (Å²) in [6, 6.07) is 0. The lowest BCUT2D eigenvalue weighted by molar-refractivity contribution is -0.146. The first kappa shape index (κ1) is 12.7. The number of amides is 1. The second-order valence-electron chi connectivity index (χ2n) is 8.95. The molecule has 0 aromatic rings. The van der Waals surface area contributed by atoms with Gasteiger partial charge in [0.25, 0.3) is 0 Å². The molecule has 6 aliphatic carbocycles. The second-order valence-corrected chi connectivity index (χ2v) is 8.95. The zero-order valence-electron chi connectivity index (χ0n) is 12.9. The van der Waals surface area contributed by atoms with Gasteiger partial charge in [-0.25, -0.2) is 0 Å². The monoisotopic (exact) mass is 285 g/mol. The van der Waals surface area contributed by atoms with E-state index in [0.717, 1.165) is 42.1 Å². The fourth-order valence-corrected chi connectivity index (χ4v) is 6.93. The Bertz CT molecular complexity index is 459. The Kier molecular flexibility index (Phi) is 2.64. The Morgan fingerprint density at radius 3 is 2.14 bits per heavy atom. The largest absolute Gasteiger partial charge is 0.355 e. The van der Waals surface area contributed by atoms with Gasteiger partial charge in [0.05, 0.1) is 0 Å². The highest BCUT2D eigenvalue weighted by Gasteiger charge is 2.54. The maximum absolute atomic E-state index is 12.9. The van der Waals surface area contributed by atoms with E-state index in [0.29, 0.717) is 5.91 Å². The molecule has 21 heavy (non-hydrogen) atoms. The van der Waals surface area contributed by atoms with Crippen LogP contribution in [0.3, 0.4) is 0 Å². The van der Waals surface area contributed by atoms with Crippen molar-refractivity contribution in [2.24, 2.45) is 40.9 Å². The summed E-state index contributed by atoms with van der Waals surface area (Å²) in [7, 11) is 0. The average molecular weight is 285 g/mol. The third-order valence-corrected chi connectivity index (χ3v) is 7.46. The lowest BCUT2D eigenvalue weighted by Gasteiger charge is -2.55. The predicted molar refractivity (Wildman–Crippen MR) is 82.5 cm³/mol. The first-order valence-electron chi connectivity index (χ1n) is 9.17. The van der Waals surface area contributed by atoms with Crippen LogP contribution in [0.4, 0.5) is 0 Å². The normalized spacial score (nSPS) is 52.6. The Labute approximate surface area is 127 Å². The summed E-state index contributed by atoms with van der Waals surface area (Å²) in [6.45, 7) is 0.937. The van der Waals surface area contributed by atoms with Crippen molar-refractivity contribution in [3.63, 3.8) is 0 Å². The van der Waals surface area contributed by atoms with Crippen LogP contribution in [0.2, 0.25) is 0 Å². The number of carbonyl (C=O) groups is 1. The summed E-state index contributed by atoms with van der Waals surface area (Å²) in [6.07, 6.45) is 15.3. The molecule has 3 atom stereocenters. The molecule has 0 spiro atoms. The first-order valence-corrected chi connectivity index (χ1v) is 9.17. The molecule has 1 amide bonds. The summed E-state index contributed by atoms with van der Waals surface area (Å²) in [4.78, 5) is 12.9. The number of fused-ring (bicyclic) bond motifs is 2. The second kappa shape index (κ2) is 4.36. The van der Waals surface area contributed by atoms with E-state index in [9.17, 15) is 4.79 Å². The van der Waals surface area contributed by atoms with Gasteiger partial charge in [-0.3, -0.25) is 4.79 Å². The van der Waals surface area contributed by atoms with Gasteiger partial charge in [0.2, 0.25) is 5.91 Å². The van der Waals surface area contributed by atoms with Crippen LogP contribution in [0.5, 0.6) is 0 Å². The predicted octanol–water partition coefficient (Wildman–Crippen LogP) is 3.53. The smallest absolute Gasteiger partial charge is 0.226 e. The van der Waals surface area contributed by atoms with Crippen molar-refractivity contribution < 1.29 is 4.79 Å². The molecule has 6 rings (SSSR count). The van der Waals surface area contributed by atoms with Gasteiger partial charge in [0, 0.05) is 12.0 Å². The number of allylic oxidation sites excluding steroid dienone is 2. The van der Waals surface area contributed by atoms with Crippen LogP contribution < -0.4 is 5.32 Å². The van der Waals surface area contributed by atoms with E-state index in [1.807, 2.05) is 0 Å². The molecule has 2 nitrogen and oxygen atoms in total. The van der Waals surface area contributed by atoms with E-state index in [1.165, 1.54) is 51.4 Å². The van der Waals surface area contributed by atoms with E-state index >= 15 is 0 Å². The highest BCUT2D eigenvalue weighted by Crippen LogP contribution is 2.60. The van der Waals surface area contributed by atoms with E-state index in [2.05, 4.69) is 17.5 Å². The molecule has 0 heterocycles. The van der Waals surface area contributed by atoms with Crippen LogP contribution in [-0.2, 0) is 4.79 Å². The maximum Gasteiger partial charge on any atom is 0.226 e. The van der Waals surface area contributed by atoms with Gasteiger partial charge in [-0.05, 0) is 86.9 Å². The minimum atomic E-state index is 0.0439. The van der Waals surface area contributed by atoms with Crippen molar-refractivity contribution in [1.29, 1.82) is 0 Å². The minimum absolute atomic E-state index is 0.0439. The molecule has 114 valence electrons. The van der Waals surface area contributed by atoms with E-state index in [1.54, 1.807) is 0 Å². The molecular weight excluding hydrogens is 258 g/mol. The number of rotatable bonds is 3. The summed E-state index contributed by atoms with van der Waals surface area (Å²) < 4.78 is 0. The van der Waals surface area contributed by atoms with Crippen LogP contribution in [0.25, 0.3) is 0 Å². The summed E-state index contributed by atoms with van der Waals surface area (Å²) in [5.74, 6) is 5.32. The van der Waals surface area contributed by atoms with Crippen molar-refractivity contribution in [3.8, 4) is 0 Å². The van der Waals surface area contributed by atoms with Crippen LogP contribution in [0.15, 0.2) is 12.2 Å². The van der Waals surface area contributed by atoms with Gasteiger partial charge in [-0.1, -0.05) is 12.2 Å². The summed E-state index contributed by atoms with van der Waals surface area (Å²) in [5.41, 5.74) is 0.0439. The van der Waals surface area contributed by atoms with E-state index in [4.69, 9.17) is 0 Å². The highest BCUT2D eigenvalue weighted by atomic mass is 16.2. The zero-order valence-corrected chi connectivity index (χ0v) is 12.9. The molecule has 3 unspecified atom stereocenters. The lowest BCUT2D eigenvalue weighted by Crippen LogP contribution is -2.54. The number of hydrogen-bond donors (Lipinski definition) is 1. The van der Waals surface area contributed by atoms with Gasteiger partial charge < -0.3 is 5.32 Å². The molecule has 0 saturated heterocycles. The van der Waals surface area contributed by atoms with Gasteiger partial charge in [0.15, 0.2) is 0 Å². The third-order valence-electron chi connectivity index (χ3n) is 7.46. The van der Waals surface area contributed by atoms with Crippen LogP contribution in [-0.4, -0.2) is 12.5 Å². The number of nitrogens with one attached hydrogen (secondary N) is 1. The quantitative estimate of drug-likeness (QED) is 0.790. The minimum Gasteiger partial charge on any atom is -0.355 e. The van der Waals surface area contributed by atoms with Gasteiger partial charge in [-0.15, -0.1) is 0 Å². The van der Waals surface area contributed by atoms with Crippen molar-refractivity contribution in [1.82, 2.24) is 5.32 Å². The molecule has 5 saturated carbocycles. The Morgan fingerprint density at radius 1 is 0.952 bits per heavy atom. The standard InChI is InChI=1S/C19H27NO/c21-18(20-11-17-7-12-1-2-16(17)6-12)19-8-13-3-14(9-19)5-15(4-13)10-19/h1-2,12-17H,3-11H2,(H,20,21). The molecule has 1 N–H and O–H groups in total. The molecule has 2 heteroatoms. The first-order chi connectivity index (χ1) is 10.2. The van der Waals surface area contributed by atoms with Crippen molar-refractivity contribution in [2.45, 2.75) is 51.4 Å². The lowest BCUT2D eigenvalue weighted by atomic mass is 9.49. The van der Waals surface area contributed by atoms with Crippen molar-refractivity contribution in [2.75, 3.05) is 6.54 Å². The fraction of sp³-hybridized carbons (Fsp3) is 0.842. The van der Waals surface area contributed by atoms with Crippen molar-refractivity contribution in [3.05, 3.63) is 12.2 Å². The Balaban J connectivity index is 1.26. The van der Waals surface area contributed by atoms with Crippen molar-refractivity contribution >= 4 is 5.91 Å². The van der Waals surface area contributed by atoms with E-state index in [-0.39, 0.29) is 5.41 Å². The number of hydrogen-bond acceptors (Lipinski definition) is 1. The molecule has 0 aromatic heterocycles. The fourth-order valence-electron chi connectivity index (χ4n) is 6.93. The molecule has 0 aliphatic heterocycles. The molecule has 5 fully saturated rings. The highest BCUT2D eigenvalue weighted by molar-refractivity contribution is 5.83. The topological polar surface area (TPSA) is 29.1 Å². The molecule has 6 aliphatic rings. The summed E-state index contributed by atoms with van der Waals surface area (Å²) >= 11 is 0. The molecular formula is C19H27NO. The van der Waals surface area contributed by atoms with Crippen LogP contribution in [0.1, 0.15) is 51.4 Å². The van der Waals surface area contributed by atoms with Crippen LogP contribution in [0, 0.1) is 40.9 Å². The Morgan fingerprint density at radius 2 is 1.62 bits per heavy atom. The van der Waals surface area contributed by atoms with Crippen LogP contribution >= 0.6 is 0 Å². The Hall–Kier alpha value is -0.790. The summed E-state index contributed by atoms with van der Waals surface area (Å²) in [5, 5.41) is 3.39.